The van der Waals surface area contributed by atoms with Crippen LogP contribution in [0, 0.1) is 0 Å². The third-order valence-electron chi connectivity index (χ3n) is 5.64. The van der Waals surface area contributed by atoms with Gasteiger partial charge in [0.25, 0.3) is 0 Å². The first kappa shape index (κ1) is 20.6. The second-order valence-corrected chi connectivity index (χ2v) is 8.01. The molecule has 0 spiro atoms. The molecule has 3 aromatic heterocycles. The fourth-order valence-corrected chi connectivity index (χ4v) is 3.98. The van der Waals surface area contributed by atoms with Crippen molar-refractivity contribution in [3.05, 3.63) is 103 Å². The van der Waals surface area contributed by atoms with Crippen LogP contribution in [0.2, 0.25) is 0 Å². The second-order valence-electron chi connectivity index (χ2n) is 8.01. The number of benzene rings is 3. The highest BCUT2D eigenvalue weighted by Crippen LogP contribution is 2.32. The van der Waals surface area contributed by atoms with Crippen LogP contribution in [-0.2, 0) is 0 Å². The SMILES string of the molecule is Nc1cnc2c(Oc3ccc(Nc4nnc(-c5ccccc5)c5ccccc45)cc3)ccnc2c1. The topological polar surface area (TPSA) is 98.8 Å². The molecule has 168 valence electrons. The van der Waals surface area contributed by atoms with Crippen LogP contribution < -0.4 is 15.8 Å². The lowest BCUT2D eigenvalue weighted by molar-refractivity contribution is 0.487. The van der Waals surface area contributed by atoms with Crippen molar-refractivity contribution in [1.82, 2.24) is 20.2 Å². The van der Waals surface area contributed by atoms with Crippen molar-refractivity contribution in [3.8, 4) is 22.8 Å². The summed E-state index contributed by atoms with van der Waals surface area (Å²) in [5.74, 6) is 1.98. The maximum Gasteiger partial charge on any atom is 0.161 e. The maximum atomic E-state index is 6.07. The van der Waals surface area contributed by atoms with Crippen LogP contribution >= 0.6 is 0 Å². The van der Waals surface area contributed by atoms with Gasteiger partial charge in [-0.1, -0.05) is 54.6 Å². The largest absolute Gasteiger partial charge is 0.455 e. The molecule has 6 rings (SSSR count). The van der Waals surface area contributed by atoms with Gasteiger partial charge in [-0.15, -0.1) is 10.2 Å². The zero-order chi connectivity index (χ0) is 23.6. The van der Waals surface area contributed by atoms with Crippen LogP contribution in [-0.4, -0.2) is 20.2 Å². The molecule has 0 bridgehead atoms. The molecule has 0 unspecified atom stereocenters. The number of nitrogens with zero attached hydrogens (tertiary/aromatic N) is 4. The third-order valence-corrected chi connectivity index (χ3v) is 5.64. The Hall–Kier alpha value is -5.04. The van der Waals surface area contributed by atoms with E-state index in [4.69, 9.17) is 10.5 Å². The molecule has 0 amide bonds. The number of nitrogen functional groups attached to an aromatic ring is 1. The van der Waals surface area contributed by atoms with E-state index in [1.54, 1.807) is 24.5 Å². The number of pyridine rings is 2. The summed E-state index contributed by atoms with van der Waals surface area (Å²) < 4.78 is 6.07. The molecule has 35 heavy (non-hydrogen) atoms. The van der Waals surface area contributed by atoms with E-state index in [-0.39, 0.29) is 0 Å². The minimum Gasteiger partial charge on any atom is -0.455 e. The fraction of sp³-hybridized carbons (Fsp3) is 0. The van der Waals surface area contributed by atoms with Gasteiger partial charge in [0, 0.05) is 34.3 Å². The average Bonchev–Trinajstić information content (AvgIpc) is 2.90. The molecule has 7 heteroatoms. The predicted molar refractivity (Wildman–Crippen MR) is 139 cm³/mol. The summed E-state index contributed by atoms with van der Waals surface area (Å²) in [6.07, 6.45) is 3.27. The van der Waals surface area contributed by atoms with E-state index in [1.807, 2.05) is 72.8 Å². The first-order valence-corrected chi connectivity index (χ1v) is 11.1. The Morgan fingerprint density at radius 1 is 0.743 bits per heavy atom. The molecule has 3 N–H and O–H groups in total. The number of hydrogen-bond acceptors (Lipinski definition) is 7. The predicted octanol–water partition coefficient (Wildman–Crippen LogP) is 6.36. The van der Waals surface area contributed by atoms with E-state index in [0.29, 0.717) is 34.0 Å². The number of aromatic nitrogens is 4. The van der Waals surface area contributed by atoms with E-state index < -0.39 is 0 Å². The van der Waals surface area contributed by atoms with Crippen LogP contribution in [0.4, 0.5) is 17.2 Å². The van der Waals surface area contributed by atoms with E-state index in [1.165, 1.54) is 0 Å². The van der Waals surface area contributed by atoms with Crippen molar-refractivity contribution >= 4 is 39.0 Å². The monoisotopic (exact) mass is 456 g/mol. The summed E-state index contributed by atoms with van der Waals surface area (Å²) in [6.45, 7) is 0. The number of nitrogens with two attached hydrogens (primary N) is 1. The van der Waals surface area contributed by atoms with Gasteiger partial charge in [0.05, 0.1) is 17.4 Å². The molecule has 0 fully saturated rings. The molecule has 0 saturated heterocycles. The van der Waals surface area contributed by atoms with Gasteiger partial charge in [-0.2, -0.15) is 0 Å². The smallest absolute Gasteiger partial charge is 0.161 e. The van der Waals surface area contributed by atoms with Crippen molar-refractivity contribution in [2.45, 2.75) is 0 Å². The Kier molecular flexibility index (Phi) is 5.12. The quantitative estimate of drug-likeness (QED) is 0.311. The Bertz CT molecular complexity index is 1650. The normalized spacial score (nSPS) is 11.0. The van der Waals surface area contributed by atoms with Crippen molar-refractivity contribution in [1.29, 1.82) is 0 Å². The molecule has 3 aromatic carbocycles. The second kappa shape index (κ2) is 8.72. The van der Waals surface area contributed by atoms with E-state index in [9.17, 15) is 0 Å². The first-order valence-electron chi connectivity index (χ1n) is 11.1. The zero-order valence-electron chi connectivity index (χ0n) is 18.6. The van der Waals surface area contributed by atoms with Crippen molar-refractivity contribution in [3.63, 3.8) is 0 Å². The van der Waals surface area contributed by atoms with Gasteiger partial charge in [-0.05, 0) is 30.3 Å². The highest BCUT2D eigenvalue weighted by Gasteiger charge is 2.11. The summed E-state index contributed by atoms with van der Waals surface area (Å²) in [6, 6.07) is 29.4. The molecule has 0 radical (unpaired) electrons. The highest BCUT2D eigenvalue weighted by atomic mass is 16.5. The van der Waals surface area contributed by atoms with Crippen molar-refractivity contribution in [2.24, 2.45) is 0 Å². The van der Waals surface area contributed by atoms with Crippen LogP contribution in [0.5, 0.6) is 11.5 Å². The Labute approximate surface area is 201 Å². The maximum absolute atomic E-state index is 6.07. The summed E-state index contributed by atoms with van der Waals surface area (Å²) in [5, 5.41) is 14.4. The Morgan fingerprint density at radius 2 is 1.51 bits per heavy atom. The Morgan fingerprint density at radius 3 is 2.34 bits per heavy atom. The molecular formula is C28H20N6O. The highest BCUT2D eigenvalue weighted by molar-refractivity contribution is 6.00. The summed E-state index contributed by atoms with van der Waals surface area (Å²) in [7, 11) is 0. The molecule has 7 nitrogen and oxygen atoms in total. The molecule has 6 aromatic rings. The lowest BCUT2D eigenvalue weighted by Gasteiger charge is -2.12. The lowest BCUT2D eigenvalue weighted by atomic mass is 10.0. The molecule has 0 atom stereocenters. The van der Waals surface area contributed by atoms with E-state index in [0.717, 1.165) is 27.7 Å². The number of rotatable bonds is 5. The molecule has 0 aliphatic heterocycles. The molecule has 3 heterocycles. The van der Waals surface area contributed by atoms with Crippen LogP contribution in [0.15, 0.2) is 103 Å². The summed E-state index contributed by atoms with van der Waals surface area (Å²) in [5.41, 5.74) is 10.5. The van der Waals surface area contributed by atoms with Gasteiger partial charge in [-0.25, -0.2) is 4.98 Å². The van der Waals surface area contributed by atoms with Gasteiger partial charge in [0.1, 0.15) is 17.0 Å². The molecular weight excluding hydrogens is 436 g/mol. The van der Waals surface area contributed by atoms with Gasteiger partial charge in [0.2, 0.25) is 0 Å². The summed E-state index contributed by atoms with van der Waals surface area (Å²) in [4.78, 5) is 8.68. The van der Waals surface area contributed by atoms with Crippen LogP contribution in [0.1, 0.15) is 0 Å². The minimum atomic E-state index is 0.560. The van der Waals surface area contributed by atoms with Gasteiger partial charge in [-0.3, -0.25) is 4.98 Å². The Balaban J connectivity index is 1.27. The number of nitrogens with one attached hydrogen (secondary N) is 1. The zero-order valence-corrected chi connectivity index (χ0v) is 18.6. The average molecular weight is 457 g/mol. The van der Waals surface area contributed by atoms with Crippen LogP contribution in [0.3, 0.4) is 0 Å². The van der Waals surface area contributed by atoms with Crippen molar-refractivity contribution < 1.29 is 4.74 Å². The fourth-order valence-electron chi connectivity index (χ4n) is 3.98. The molecule has 0 aliphatic carbocycles. The third kappa shape index (κ3) is 4.06. The molecule has 0 aliphatic rings. The number of fused-ring (bicyclic) bond motifs is 2. The van der Waals surface area contributed by atoms with Crippen molar-refractivity contribution in [2.75, 3.05) is 11.1 Å². The van der Waals surface area contributed by atoms with Gasteiger partial charge in [0.15, 0.2) is 11.6 Å². The number of ether oxygens (including phenoxy) is 1. The molecule has 0 saturated carbocycles. The lowest BCUT2D eigenvalue weighted by Crippen LogP contribution is -1.99. The van der Waals surface area contributed by atoms with Gasteiger partial charge < -0.3 is 15.8 Å². The standard InChI is InChI=1S/C28H20N6O/c29-19-16-24-27(31-17-19)25(14-15-30-24)35-21-12-10-20(11-13-21)32-28-23-9-5-4-8-22(23)26(33-34-28)18-6-2-1-3-7-18/h1-17H,29H2,(H,32,34). The van der Waals surface area contributed by atoms with Gasteiger partial charge >= 0.3 is 0 Å². The first-order chi connectivity index (χ1) is 17.2. The van der Waals surface area contributed by atoms with Crippen LogP contribution in [0.25, 0.3) is 33.1 Å². The van der Waals surface area contributed by atoms with E-state index >= 15 is 0 Å². The van der Waals surface area contributed by atoms with E-state index in [2.05, 4.69) is 31.5 Å². The minimum absolute atomic E-state index is 0.560. The number of anilines is 3. The number of hydrogen-bond donors (Lipinski definition) is 2. The summed E-state index contributed by atoms with van der Waals surface area (Å²) >= 11 is 0.